The van der Waals surface area contributed by atoms with E-state index in [1.54, 1.807) is 24.3 Å². The van der Waals surface area contributed by atoms with Gasteiger partial charge in [0, 0.05) is 17.1 Å². The van der Waals surface area contributed by atoms with Gasteiger partial charge in [0.25, 0.3) is 0 Å². The molecule has 112 valence electrons. The summed E-state index contributed by atoms with van der Waals surface area (Å²) in [5.74, 6) is 0.274. The van der Waals surface area contributed by atoms with Crippen molar-refractivity contribution in [2.24, 2.45) is 5.73 Å². The highest BCUT2D eigenvalue weighted by atomic mass is 35.5. The van der Waals surface area contributed by atoms with Gasteiger partial charge in [0.2, 0.25) is 0 Å². The molecule has 21 heavy (non-hydrogen) atoms. The number of halogens is 3. The third-order valence-electron chi connectivity index (χ3n) is 3.12. The zero-order valence-electron chi connectivity index (χ0n) is 11.6. The second kappa shape index (κ2) is 7.12. The lowest BCUT2D eigenvalue weighted by Crippen LogP contribution is -2.14. The summed E-state index contributed by atoms with van der Waals surface area (Å²) in [6.07, 6.45) is 0.546. The SMILES string of the molecule is CCOc1cc(Cl)c(C(N)Cc2ccc(F)cc2)cc1Cl. The molecular weight excluding hydrogens is 312 g/mol. The summed E-state index contributed by atoms with van der Waals surface area (Å²) in [7, 11) is 0. The highest BCUT2D eigenvalue weighted by molar-refractivity contribution is 6.34. The van der Waals surface area contributed by atoms with Crippen LogP contribution in [0, 0.1) is 5.82 Å². The van der Waals surface area contributed by atoms with Gasteiger partial charge in [0.15, 0.2) is 0 Å². The Morgan fingerprint density at radius 1 is 1.14 bits per heavy atom. The van der Waals surface area contributed by atoms with Gasteiger partial charge in [-0.1, -0.05) is 35.3 Å². The van der Waals surface area contributed by atoms with Gasteiger partial charge in [-0.15, -0.1) is 0 Å². The molecular formula is C16H16Cl2FNO. The number of hydrogen-bond donors (Lipinski definition) is 1. The largest absolute Gasteiger partial charge is 0.492 e. The Hall–Kier alpha value is -1.29. The average Bonchev–Trinajstić information content (AvgIpc) is 2.45. The lowest BCUT2D eigenvalue weighted by Gasteiger charge is -2.16. The van der Waals surface area contributed by atoms with Crippen LogP contribution in [0.15, 0.2) is 36.4 Å². The van der Waals surface area contributed by atoms with E-state index in [0.717, 1.165) is 11.1 Å². The van der Waals surface area contributed by atoms with Gasteiger partial charge < -0.3 is 10.5 Å². The Bertz CT molecular complexity index is 616. The van der Waals surface area contributed by atoms with Crippen molar-refractivity contribution in [2.75, 3.05) is 6.61 Å². The Balaban J connectivity index is 2.20. The Morgan fingerprint density at radius 3 is 2.43 bits per heavy atom. The molecule has 2 aromatic rings. The fourth-order valence-electron chi connectivity index (χ4n) is 2.08. The van der Waals surface area contributed by atoms with Gasteiger partial charge in [0.05, 0.1) is 11.6 Å². The molecule has 0 bridgehead atoms. The molecule has 2 N–H and O–H groups in total. The average molecular weight is 328 g/mol. The van der Waals surface area contributed by atoms with Gasteiger partial charge >= 0.3 is 0 Å². The topological polar surface area (TPSA) is 35.2 Å². The van der Waals surface area contributed by atoms with Crippen LogP contribution >= 0.6 is 23.2 Å². The van der Waals surface area contributed by atoms with Crippen molar-refractivity contribution in [3.8, 4) is 5.75 Å². The smallest absolute Gasteiger partial charge is 0.139 e. The molecule has 0 saturated heterocycles. The first-order valence-corrected chi connectivity index (χ1v) is 7.38. The molecule has 2 aromatic carbocycles. The Morgan fingerprint density at radius 2 is 1.81 bits per heavy atom. The first kappa shape index (κ1) is 16.1. The molecule has 0 radical (unpaired) electrons. The maximum absolute atomic E-state index is 12.9. The lowest BCUT2D eigenvalue weighted by atomic mass is 9.99. The minimum atomic E-state index is -0.323. The molecule has 0 saturated carbocycles. The number of ether oxygens (including phenoxy) is 1. The van der Waals surface area contributed by atoms with E-state index in [9.17, 15) is 4.39 Å². The minimum Gasteiger partial charge on any atom is -0.492 e. The zero-order chi connectivity index (χ0) is 15.4. The van der Waals surface area contributed by atoms with Crippen LogP contribution in [0.1, 0.15) is 24.1 Å². The van der Waals surface area contributed by atoms with Crippen molar-refractivity contribution in [3.05, 3.63) is 63.4 Å². The number of nitrogens with two attached hydrogens (primary N) is 1. The third-order valence-corrected chi connectivity index (χ3v) is 3.74. The highest BCUT2D eigenvalue weighted by Crippen LogP contribution is 2.34. The van der Waals surface area contributed by atoms with Crippen LogP contribution in [0.5, 0.6) is 5.75 Å². The number of rotatable bonds is 5. The molecule has 2 nitrogen and oxygen atoms in total. The maximum Gasteiger partial charge on any atom is 0.139 e. The van der Waals surface area contributed by atoms with Gasteiger partial charge in [0.1, 0.15) is 11.6 Å². The second-order valence-corrected chi connectivity index (χ2v) is 5.49. The monoisotopic (exact) mass is 327 g/mol. The molecule has 2 rings (SSSR count). The molecule has 0 amide bonds. The van der Waals surface area contributed by atoms with Gasteiger partial charge in [-0.05, 0) is 42.7 Å². The van der Waals surface area contributed by atoms with Crippen molar-refractivity contribution >= 4 is 23.2 Å². The van der Waals surface area contributed by atoms with E-state index in [0.29, 0.717) is 28.8 Å². The lowest BCUT2D eigenvalue weighted by molar-refractivity contribution is 0.340. The minimum absolute atomic E-state index is 0.269. The summed E-state index contributed by atoms with van der Waals surface area (Å²) in [6.45, 7) is 2.38. The molecule has 0 aliphatic carbocycles. The van der Waals surface area contributed by atoms with E-state index in [2.05, 4.69) is 0 Å². The fraction of sp³-hybridized carbons (Fsp3) is 0.250. The molecule has 0 aliphatic rings. The molecule has 0 spiro atoms. The van der Waals surface area contributed by atoms with Gasteiger partial charge in [-0.2, -0.15) is 0 Å². The standard InChI is InChI=1S/C16H16Cl2FNO/c1-2-21-16-9-13(17)12(8-14(16)18)15(20)7-10-3-5-11(19)6-4-10/h3-6,8-9,15H,2,7,20H2,1H3. The second-order valence-electron chi connectivity index (χ2n) is 4.67. The van der Waals surface area contributed by atoms with E-state index < -0.39 is 0 Å². The molecule has 0 aromatic heterocycles. The van der Waals surface area contributed by atoms with E-state index in [-0.39, 0.29) is 11.9 Å². The third kappa shape index (κ3) is 4.10. The van der Waals surface area contributed by atoms with E-state index in [1.165, 1.54) is 12.1 Å². The zero-order valence-corrected chi connectivity index (χ0v) is 13.1. The van der Waals surface area contributed by atoms with Crippen molar-refractivity contribution < 1.29 is 9.13 Å². The molecule has 5 heteroatoms. The molecule has 0 aliphatic heterocycles. The van der Waals surface area contributed by atoms with Crippen molar-refractivity contribution in [1.29, 1.82) is 0 Å². The van der Waals surface area contributed by atoms with E-state index in [1.807, 2.05) is 6.92 Å². The summed E-state index contributed by atoms with van der Waals surface area (Å²) in [5, 5.41) is 0.989. The van der Waals surface area contributed by atoms with Crippen molar-refractivity contribution in [2.45, 2.75) is 19.4 Å². The summed E-state index contributed by atoms with van der Waals surface area (Å²) in [4.78, 5) is 0. The summed E-state index contributed by atoms with van der Waals surface area (Å²) < 4.78 is 18.3. The summed E-state index contributed by atoms with van der Waals surface area (Å²) >= 11 is 12.4. The van der Waals surface area contributed by atoms with Crippen LogP contribution in [-0.2, 0) is 6.42 Å². The van der Waals surface area contributed by atoms with Crippen LogP contribution < -0.4 is 10.5 Å². The Kier molecular flexibility index (Phi) is 5.45. The van der Waals surface area contributed by atoms with Gasteiger partial charge in [-0.25, -0.2) is 4.39 Å². The highest BCUT2D eigenvalue weighted by Gasteiger charge is 2.15. The quantitative estimate of drug-likeness (QED) is 0.858. The van der Waals surface area contributed by atoms with E-state index >= 15 is 0 Å². The predicted molar refractivity (Wildman–Crippen MR) is 84.7 cm³/mol. The summed E-state index contributed by atoms with van der Waals surface area (Å²) in [5.41, 5.74) is 7.86. The van der Waals surface area contributed by atoms with Gasteiger partial charge in [-0.3, -0.25) is 0 Å². The van der Waals surface area contributed by atoms with Crippen LogP contribution in [0.2, 0.25) is 10.0 Å². The molecule has 0 heterocycles. The maximum atomic E-state index is 12.9. The number of hydrogen-bond acceptors (Lipinski definition) is 2. The van der Waals surface area contributed by atoms with Crippen LogP contribution in [0.3, 0.4) is 0 Å². The normalized spacial score (nSPS) is 12.2. The van der Waals surface area contributed by atoms with Crippen LogP contribution in [0.25, 0.3) is 0 Å². The van der Waals surface area contributed by atoms with Crippen LogP contribution in [0.4, 0.5) is 4.39 Å². The van der Waals surface area contributed by atoms with Crippen molar-refractivity contribution in [1.82, 2.24) is 0 Å². The predicted octanol–water partition coefficient (Wildman–Crippen LogP) is 4.77. The van der Waals surface area contributed by atoms with Crippen molar-refractivity contribution in [3.63, 3.8) is 0 Å². The molecule has 1 unspecified atom stereocenters. The Labute approximate surface area is 133 Å². The molecule has 1 atom stereocenters. The summed E-state index contributed by atoms with van der Waals surface area (Å²) in [6, 6.07) is 9.31. The first-order chi connectivity index (χ1) is 10.0. The van der Waals surface area contributed by atoms with Crippen LogP contribution in [-0.4, -0.2) is 6.61 Å². The molecule has 0 fully saturated rings. The fourth-order valence-corrected chi connectivity index (χ4v) is 2.60. The number of benzene rings is 2. The first-order valence-electron chi connectivity index (χ1n) is 6.63. The van der Waals surface area contributed by atoms with E-state index in [4.69, 9.17) is 33.7 Å².